The van der Waals surface area contributed by atoms with Gasteiger partial charge in [-0.3, -0.25) is 9.36 Å². The molecule has 182 valence electrons. The van der Waals surface area contributed by atoms with E-state index in [2.05, 4.69) is 4.99 Å². The largest absolute Gasteiger partial charge is 0.460 e. The van der Waals surface area contributed by atoms with Crippen LogP contribution in [0, 0.1) is 0 Å². The van der Waals surface area contributed by atoms with E-state index >= 15 is 0 Å². The highest BCUT2D eigenvalue weighted by molar-refractivity contribution is 7.07. The number of esters is 1. The number of halogens is 1. The lowest BCUT2D eigenvalue weighted by Gasteiger charge is -2.24. The van der Waals surface area contributed by atoms with Crippen LogP contribution in [0.15, 0.2) is 87.8 Å². The first kappa shape index (κ1) is 24.2. The van der Waals surface area contributed by atoms with Gasteiger partial charge in [-0.05, 0) is 47.0 Å². The van der Waals surface area contributed by atoms with Crippen LogP contribution in [0.2, 0.25) is 5.02 Å². The van der Waals surface area contributed by atoms with Gasteiger partial charge in [0.05, 0.1) is 28.5 Å². The van der Waals surface area contributed by atoms with Crippen LogP contribution in [0.5, 0.6) is 0 Å². The summed E-state index contributed by atoms with van der Waals surface area (Å²) in [5.41, 5.74) is 2.29. The minimum absolute atomic E-state index is 0.102. The summed E-state index contributed by atoms with van der Waals surface area (Å²) in [5.74, 6) is -0.531. The molecule has 8 heteroatoms. The molecule has 1 aliphatic rings. The molecule has 0 aliphatic carbocycles. The van der Waals surface area contributed by atoms with Gasteiger partial charge in [-0.15, -0.1) is 0 Å². The number of hydrogen-bond acceptors (Lipinski definition) is 6. The van der Waals surface area contributed by atoms with Crippen molar-refractivity contribution in [2.75, 3.05) is 20.3 Å². The summed E-state index contributed by atoms with van der Waals surface area (Å²) in [6.07, 6.45) is 1.89. The van der Waals surface area contributed by atoms with Crippen molar-refractivity contribution >= 4 is 45.8 Å². The summed E-state index contributed by atoms with van der Waals surface area (Å²) < 4.78 is 12.6. The standard InChI is InChI=1S/C28H23ClN2O4S/c1-17-24(27(33)35-15-14-34-2)25(19-10-12-21(29)13-11-19)31-26(32)23(36-28(31)30-17)16-20-8-5-7-18-6-3-4-9-22(18)20/h3-13,16,25H,14-15H2,1-2H3. The lowest BCUT2D eigenvalue weighted by molar-refractivity contribution is -0.140. The van der Waals surface area contributed by atoms with Crippen molar-refractivity contribution in [2.24, 2.45) is 4.99 Å². The predicted octanol–water partition coefficient (Wildman–Crippen LogP) is 4.23. The Kier molecular flexibility index (Phi) is 6.87. The number of hydrogen-bond donors (Lipinski definition) is 0. The predicted molar refractivity (Wildman–Crippen MR) is 142 cm³/mol. The number of aromatic nitrogens is 1. The molecule has 0 amide bonds. The molecular formula is C28H23ClN2O4S. The minimum atomic E-state index is -0.691. The molecule has 0 radical (unpaired) electrons. The monoisotopic (exact) mass is 518 g/mol. The van der Waals surface area contributed by atoms with Crippen LogP contribution in [0.3, 0.4) is 0 Å². The molecule has 0 saturated carbocycles. The number of fused-ring (bicyclic) bond motifs is 2. The Hall–Kier alpha value is -3.52. The fourth-order valence-corrected chi connectivity index (χ4v) is 5.52. The molecule has 0 saturated heterocycles. The van der Waals surface area contributed by atoms with Gasteiger partial charge in [-0.25, -0.2) is 9.79 Å². The minimum Gasteiger partial charge on any atom is -0.460 e. The maximum absolute atomic E-state index is 13.8. The summed E-state index contributed by atoms with van der Waals surface area (Å²) in [5, 5.41) is 2.71. The Morgan fingerprint density at radius 1 is 1.08 bits per heavy atom. The van der Waals surface area contributed by atoms with Crippen molar-refractivity contribution in [2.45, 2.75) is 13.0 Å². The zero-order chi connectivity index (χ0) is 25.2. The average molecular weight is 519 g/mol. The molecular weight excluding hydrogens is 496 g/mol. The van der Waals surface area contributed by atoms with Gasteiger partial charge in [0.25, 0.3) is 5.56 Å². The number of benzene rings is 3. The van der Waals surface area contributed by atoms with Gasteiger partial charge in [0.1, 0.15) is 6.61 Å². The summed E-state index contributed by atoms with van der Waals surface area (Å²) in [6, 6.07) is 20.5. The fourth-order valence-electron chi connectivity index (χ4n) is 4.36. The van der Waals surface area contributed by atoms with Gasteiger partial charge in [-0.1, -0.05) is 77.5 Å². The second kappa shape index (κ2) is 10.2. The zero-order valence-electron chi connectivity index (χ0n) is 19.7. The molecule has 4 aromatic rings. The Labute approximate surface area is 216 Å². The molecule has 5 rings (SSSR count). The molecule has 36 heavy (non-hydrogen) atoms. The second-order valence-electron chi connectivity index (χ2n) is 8.33. The maximum Gasteiger partial charge on any atom is 0.338 e. The van der Waals surface area contributed by atoms with Crippen molar-refractivity contribution in [1.29, 1.82) is 0 Å². The van der Waals surface area contributed by atoms with Crippen LogP contribution in [-0.4, -0.2) is 30.9 Å². The number of carbonyl (C=O) groups excluding carboxylic acids is 1. The number of methoxy groups -OCH3 is 1. The van der Waals surface area contributed by atoms with E-state index in [0.717, 1.165) is 21.9 Å². The Morgan fingerprint density at radius 3 is 2.61 bits per heavy atom. The highest BCUT2D eigenvalue weighted by Gasteiger charge is 2.33. The number of carbonyl (C=O) groups is 1. The number of rotatable bonds is 6. The highest BCUT2D eigenvalue weighted by Crippen LogP contribution is 2.31. The lowest BCUT2D eigenvalue weighted by atomic mass is 9.96. The average Bonchev–Trinajstić information content (AvgIpc) is 3.18. The summed E-state index contributed by atoms with van der Waals surface area (Å²) in [4.78, 5) is 32.1. The SMILES string of the molecule is COCCOC(=O)C1=C(C)N=c2sc(=Cc3cccc4ccccc34)c(=O)n2C1c1ccc(Cl)cc1. The first-order valence-electron chi connectivity index (χ1n) is 11.4. The van der Waals surface area contributed by atoms with Crippen molar-refractivity contribution in [1.82, 2.24) is 4.57 Å². The van der Waals surface area contributed by atoms with E-state index in [1.165, 1.54) is 18.4 Å². The van der Waals surface area contributed by atoms with Gasteiger partial charge < -0.3 is 9.47 Å². The Morgan fingerprint density at radius 2 is 1.83 bits per heavy atom. The molecule has 0 spiro atoms. The van der Waals surface area contributed by atoms with Crippen LogP contribution in [0.4, 0.5) is 0 Å². The summed E-state index contributed by atoms with van der Waals surface area (Å²) in [7, 11) is 1.54. The van der Waals surface area contributed by atoms with E-state index < -0.39 is 12.0 Å². The number of allylic oxidation sites excluding steroid dienone is 1. The molecule has 1 aliphatic heterocycles. The van der Waals surface area contributed by atoms with E-state index in [4.69, 9.17) is 21.1 Å². The second-order valence-corrected chi connectivity index (χ2v) is 9.78. The maximum atomic E-state index is 13.8. The summed E-state index contributed by atoms with van der Waals surface area (Å²) in [6.45, 7) is 2.14. The van der Waals surface area contributed by atoms with Crippen molar-refractivity contribution in [3.8, 4) is 0 Å². The lowest BCUT2D eigenvalue weighted by Crippen LogP contribution is -2.40. The van der Waals surface area contributed by atoms with Gasteiger partial charge in [0, 0.05) is 12.1 Å². The Balaban J connectivity index is 1.69. The van der Waals surface area contributed by atoms with Crippen LogP contribution < -0.4 is 14.9 Å². The fraction of sp³-hybridized carbons (Fsp3) is 0.179. The van der Waals surface area contributed by atoms with Crippen molar-refractivity contribution in [3.63, 3.8) is 0 Å². The van der Waals surface area contributed by atoms with Crippen LogP contribution in [0.1, 0.15) is 24.1 Å². The van der Waals surface area contributed by atoms with Gasteiger partial charge in [-0.2, -0.15) is 0 Å². The molecule has 1 aromatic heterocycles. The molecule has 6 nitrogen and oxygen atoms in total. The van der Waals surface area contributed by atoms with Gasteiger partial charge >= 0.3 is 5.97 Å². The first-order chi connectivity index (χ1) is 17.5. The van der Waals surface area contributed by atoms with Crippen molar-refractivity contribution < 1.29 is 14.3 Å². The van der Waals surface area contributed by atoms with Crippen LogP contribution in [0.25, 0.3) is 16.8 Å². The van der Waals surface area contributed by atoms with Crippen molar-refractivity contribution in [3.05, 3.63) is 114 Å². The van der Waals surface area contributed by atoms with E-state index in [0.29, 0.717) is 25.6 Å². The topological polar surface area (TPSA) is 69.9 Å². The number of thiazole rings is 1. The van der Waals surface area contributed by atoms with Gasteiger partial charge in [0.2, 0.25) is 0 Å². The molecule has 0 bridgehead atoms. The van der Waals surface area contributed by atoms with Crippen LogP contribution in [-0.2, 0) is 14.3 Å². The molecule has 0 fully saturated rings. The van der Waals surface area contributed by atoms with Crippen LogP contribution >= 0.6 is 22.9 Å². The third kappa shape index (κ3) is 4.53. The molecule has 3 aromatic carbocycles. The molecule has 1 atom stereocenters. The molecule has 0 N–H and O–H groups in total. The zero-order valence-corrected chi connectivity index (χ0v) is 21.3. The molecule has 2 heterocycles. The number of nitrogens with zero attached hydrogens (tertiary/aromatic N) is 2. The third-order valence-electron chi connectivity index (χ3n) is 6.06. The summed E-state index contributed by atoms with van der Waals surface area (Å²) >= 11 is 7.43. The molecule has 1 unspecified atom stereocenters. The highest BCUT2D eigenvalue weighted by atomic mass is 35.5. The van der Waals surface area contributed by atoms with E-state index in [-0.39, 0.29) is 18.8 Å². The quantitative estimate of drug-likeness (QED) is 0.283. The third-order valence-corrected chi connectivity index (χ3v) is 7.29. The van der Waals surface area contributed by atoms with E-state index in [1.807, 2.05) is 60.7 Å². The number of ether oxygens (including phenoxy) is 2. The van der Waals surface area contributed by atoms with E-state index in [9.17, 15) is 9.59 Å². The van der Waals surface area contributed by atoms with Gasteiger partial charge in [0.15, 0.2) is 4.80 Å². The first-order valence-corrected chi connectivity index (χ1v) is 12.6. The normalized spacial score (nSPS) is 15.6. The smallest absolute Gasteiger partial charge is 0.338 e. The Bertz CT molecular complexity index is 1660. The van der Waals surface area contributed by atoms with E-state index in [1.54, 1.807) is 23.6 Å².